The Kier molecular flexibility index (Phi) is 5.41. The fraction of sp³-hybridized carbons (Fsp3) is 0.250. The Morgan fingerprint density at radius 1 is 1.30 bits per heavy atom. The molecule has 7 heteroatoms. The third-order valence-corrected chi connectivity index (χ3v) is 6.58. The molecule has 0 aliphatic heterocycles. The van der Waals surface area contributed by atoms with Crippen LogP contribution in [0.2, 0.25) is 0 Å². The predicted octanol–water partition coefficient (Wildman–Crippen LogP) is 4.94. The molecule has 2 heterocycles. The van der Waals surface area contributed by atoms with Crippen molar-refractivity contribution >= 4 is 66.5 Å². The highest BCUT2D eigenvalue weighted by molar-refractivity contribution is 9.11. The Hall–Kier alpha value is -0.890. The lowest BCUT2D eigenvalue weighted by Gasteiger charge is -2.03. The number of aryl methyl sites for hydroxylation is 2. The molecule has 1 amide bonds. The Morgan fingerprint density at radius 2 is 2.13 bits per heavy atom. The first kappa shape index (κ1) is 17.0. The van der Waals surface area contributed by atoms with Crippen molar-refractivity contribution in [1.29, 1.82) is 0 Å². The van der Waals surface area contributed by atoms with Gasteiger partial charge in [-0.25, -0.2) is 0 Å². The van der Waals surface area contributed by atoms with E-state index < -0.39 is 0 Å². The number of rotatable bonds is 4. The molecule has 0 fully saturated rings. The van der Waals surface area contributed by atoms with E-state index in [1.807, 2.05) is 12.1 Å². The SMILES string of the molecule is CSCCn1c(=NC(=O)c2ccc(Br)s2)sc2cc(C)ccc21. The number of fused-ring (bicyclic) bond motifs is 1. The lowest BCUT2D eigenvalue weighted by Crippen LogP contribution is -2.18. The van der Waals surface area contributed by atoms with Gasteiger partial charge in [-0.1, -0.05) is 17.4 Å². The van der Waals surface area contributed by atoms with Crippen LogP contribution in [0.25, 0.3) is 10.2 Å². The molecule has 0 atom stereocenters. The van der Waals surface area contributed by atoms with Crippen molar-refractivity contribution in [3.8, 4) is 0 Å². The molecule has 0 aliphatic rings. The number of nitrogens with zero attached hydrogens (tertiary/aromatic N) is 2. The summed E-state index contributed by atoms with van der Waals surface area (Å²) in [6.07, 6.45) is 2.09. The quantitative estimate of drug-likeness (QED) is 0.591. The van der Waals surface area contributed by atoms with Crippen LogP contribution in [0.1, 0.15) is 15.2 Å². The number of thiophene rings is 1. The van der Waals surface area contributed by atoms with E-state index in [4.69, 9.17) is 0 Å². The molecule has 120 valence electrons. The van der Waals surface area contributed by atoms with Crippen LogP contribution < -0.4 is 4.80 Å². The molecule has 3 nitrogen and oxygen atoms in total. The highest BCUT2D eigenvalue weighted by Crippen LogP contribution is 2.23. The van der Waals surface area contributed by atoms with Gasteiger partial charge in [-0.3, -0.25) is 4.79 Å². The van der Waals surface area contributed by atoms with Crippen molar-refractivity contribution in [2.45, 2.75) is 13.5 Å². The fourth-order valence-electron chi connectivity index (χ4n) is 2.24. The number of carbonyl (C=O) groups excluding carboxylic acids is 1. The molecule has 0 bridgehead atoms. The van der Waals surface area contributed by atoms with Gasteiger partial charge in [0.2, 0.25) is 0 Å². The highest BCUT2D eigenvalue weighted by atomic mass is 79.9. The van der Waals surface area contributed by atoms with Crippen LogP contribution in [-0.4, -0.2) is 22.5 Å². The third kappa shape index (κ3) is 3.79. The molecule has 0 unspecified atom stereocenters. The second-order valence-corrected chi connectivity index (χ2v) is 9.48. The Balaban J connectivity index is 2.11. The van der Waals surface area contributed by atoms with Gasteiger partial charge in [0.15, 0.2) is 4.80 Å². The van der Waals surface area contributed by atoms with Crippen LogP contribution in [0.5, 0.6) is 0 Å². The summed E-state index contributed by atoms with van der Waals surface area (Å²) in [5, 5.41) is 0. The number of thiazole rings is 1. The van der Waals surface area contributed by atoms with Gasteiger partial charge in [-0.05, 0) is 58.9 Å². The predicted molar refractivity (Wildman–Crippen MR) is 105 cm³/mol. The first-order chi connectivity index (χ1) is 11.1. The third-order valence-electron chi connectivity index (χ3n) is 3.34. The summed E-state index contributed by atoms with van der Waals surface area (Å²) in [7, 11) is 0. The summed E-state index contributed by atoms with van der Waals surface area (Å²) >= 11 is 8.17. The van der Waals surface area contributed by atoms with Crippen molar-refractivity contribution in [3.05, 3.63) is 49.4 Å². The standard InChI is InChI=1S/C16H15BrN2OS3/c1-10-3-4-11-13(9-10)23-16(19(11)7-8-21-2)18-15(20)12-5-6-14(17)22-12/h3-6,9H,7-8H2,1-2H3. The Bertz CT molecular complexity index is 923. The normalized spacial score (nSPS) is 12.2. The van der Waals surface area contributed by atoms with Crippen LogP contribution in [0.15, 0.2) is 39.1 Å². The van der Waals surface area contributed by atoms with Gasteiger partial charge in [0.25, 0.3) is 5.91 Å². The van der Waals surface area contributed by atoms with Crippen LogP contribution in [-0.2, 0) is 6.54 Å². The van der Waals surface area contributed by atoms with E-state index in [0.29, 0.717) is 4.88 Å². The number of hydrogen-bond acceptors (Lipinski definition) is 4. The van der Waals surface area contributed by atoms with Gasteiger partial charge in [-0.2, -0.15) is 16.8 Å². The molecule has 1 aromatic carbocycles. The lowest BCUT2D eigenvalue weighted by molar-refractivity contribution is 0.100. The van der Waals surface area contributed by atoms with Gasteiger partial charge >= 0.3 is 0 Å². The van der Waals surface area contributed by atoms with Crippen molar-refractivity contribution in [2.24, 2.45) is 4.99 Å². The number of thioether (sulfide) groups is 1. The van der Waals surface area contributed by atoms with Gasteiger partial charge in [0.1, 0.15) is 0 Å². The number of carbonyl (C=O) groups is 1. The molecular formula is C16H15BrN2OS3. The molecule has 0 saturated heterocycles. The molecule has 3 rings (SSSR count). The van der Waals surface area contributed by atoms with Gasteiger partial charge in [-0.15, -0.1) is 11.3 Å². The zero-order chi connectivity index (χ0) is 16.4. The zero-order valence-corrected chi connectivity index (χ0v) is 16.7. The fourth-order valence-corrected chi connectivity index (χ4v) is 5.02. The summed E-state index contributed by atoms with van der Waals surface area (Å²) in [6, 6.07) is 10.1. The van der Waals surface area contributed by atoms with Crippen molar-refractivity contribution in [1.82, 2.24) is 4.57 Å². The largest absolute Gasteiger partial charge is 0.316 e. The van der Waals surface area contributed by atoms with Gasteiger partial charge in [0.05, 0.1) is 18.9 Å². The summed E-state index contributed by atoms with van der Waals surface area (Å²) < 4.78 is 4.26. The van der Waals surface area contributed by atoms with E-state index in [9.17, 15) is 4.79 Å². The van der Waals surface area contributed by atoms with E-state index in [1.54, 1.807) is 23.1 Å². The monoisotopic (exact) mass is 426 g/mol. The topological polar surface area (TPSA) is 34.4 Å². The van der Waals surface area contributed by atoms with Crippen LogP contribution in [0.4, 0.5) is 0 Å². The Labute approximate surface area is 155 Å². The van der Waals surface area contributed by atoms with Crippen LogP contribution >= 0.6 is 50.4 Å². The number of hydrogen-bond donors (Lipinski definition) is 0. The maximum Gasteiger partial charge on any atom is 0.289 e. The second kappa shape index (κ2) is 7.34. The summed E-state index contributed by atoms with van der Waals surface area (Å²) in [6.45, 7) is 2.93. The molecule has 0 saturated carbocycles. The molecule has 23 heavy (non-hydrogen) atoms. The Morgan fingerprint density at radius 3 is 2.83 bits per heavy atom. The first-order valence-electron chi connectivity index (χ1n) is 7.02. The molecule has 0 aliphatic carbocycles. The van der Waals surface area contributed by atoms with Crippen molar-refractivity contribution < 1.29 is 4.79 Å². The molecule has 0 N–H and O–H groups in total. The van der Waals surface area contributed by atoms with Gasteiger partial charge < -0.3 is 4.57 Å². The first-order valence-corrected chi connectivity index (χ1v) is 10.8. The van der Waals surface area contributed by atoms with Crippen LogP contribution in [0.3, 0.4) is 0 Å². The minimum atomic E-state index is -0.179. The molecule has 0 spiro atoms. The zero-order valence-electron chi connectivity index (χ0n) is 12.7. The van der Waals surface area contributed by atoms with Crippen molar-refractivity contribution in [3.63, 3.8) is 0 Å². The minimum Gasteiger partial charge on any atom is -0.316 e. The summed E-state index contributed by atoms with van der Waals surface area (Å²) in [5.74, 6) is 0.813. The molecule has 3 aromatic rings. The summed E-state index contributed by atoms with van der Waals surface area (Å²) in [5.41, 5.74) is 2.37. The maximum absolute atomic E-state index is 12.4. The number of amides is 1. The number of aromatic nitrogens is 1. The second-order valence-electron chi connectivity index (χ2n) is 5.02. The number of halogens is 1. The van der Waals surface area contributed by atoms with E-state index in [-0.39, 0.29) is 5.91 Å². The van der Waals surface area contributed by atoms with E-state index >= 15 is 0 Å². The summed E-state index contributed by atoms with van der Waals surface area (Å²) in [4.78, 5) is 18.2. The smallest absolute Gasteiger partial charge is 0.289 e. The minimum absolute atomic E-state index is 0.179. The van der Waals surface area contributed by atoms with E-state index in [1.165, 1.54) is 21.6 Å². The average Bonchev–Trinajstić information content (AvgIpc) is 3.08. The molecule has 2 aromatic heterocycles. The number of benzene rings is 1. The molecular weight excluding hydrogens is 412 g/mol. The maximum atomic E-state index is 12.4. The highest BCUT2D eigenvalue weighted by Gasteiger charge is 2.11. The molecule has 0 radical (unpaired) electrons. The lowest BCUT2D eigenvalue weighted by atomic mass is 10.2. The van der Waals surface area contributed by atoms with Gasteiger partial charge in [0, 0.05) is 12.3 Å². The average molecular weight is 427 g/mol. The van der Waals surface area contributed by atoms with E-state index in [0.717, 1.165) is 26.4 Å². The van der Waals surface area contributed by atoms with Crippen molar-refractivity contribution in [2.75, 3.05) is 12.0 Å². The van der Waals surface area contributed by atoms with E-state index in [2.05, 4.69) is 56.9 Å². The van der Waals surface area contributed by atoms with Crippen LogP contribution in [0, 0.1) is 6.92 Å².